The van der Waals surface area contributed by atoms with Gasteiger partial charge >= 0.3 is 6.18 Å². The van der Waals surface area contributed by atoms with E-state index in [9.17, 15) is 26.4 Å². The van der Waals surface area contributed by atoms with Crippen molar-refractivity contribution in [2.45, 2.75) is 24.0 Å². The lowest BCUT2D eigenvalue weighted by atomic mass is 10.2. The predicted molar refractivity (Wildman–Crippen MR) is 101 cm³/mol. The van der Waals surface area contributed by atoms with Crippen LogP contribution in [0.25, 0.3) is 0 Å². The van der Waals surface area contributed by atoms with Crippen molar-refractivity contribution in [1.82, 2.24) is 10.0 Å². The Bertz CT molecular complexity index is 981. The SMILES string of the molecule is COc1cccc(CNC(=O)CCNS(=O)(=O)c2ccc(Cl)c(C(F)(F)F)c2)c1. The van der Waals surface area contributed by atoms with Crippen LogP contribution in [0.2, 0.25) is 5.02 Å². The lowest BCUT2D eigenvalue weighted by molar-refractivity contribution is -0.137. The standard InChI is InChI=1S/C18H18ClF3N2O4S/c1-28-13-4-2-3-12(9-13)11-23-17(25)7-8-24-29(26,27)14-5-6-16(19)15(10-14)18(20,21)22/h2-6,9-10,24H,7-8,11H2,1H3,(H,23,25). The molecule has 0 saturated heterocycles. The first kappa shape index (κ1) is 23.0. The molecule has 0 aliphatic rings. The number of benzene rings is 2. The van der Waals surface area contributed by atoms with Crippen molar-refractivity contribution in [3.05, 3.63) is 58.6 Å². The molecule has 2 aromatic carbocycles. The molecule has 0 aliphatic heterocycles. The van der Waals surface area contributed by atoms with E-state index < -0.39 is 37.6 Å². The quantitative estimate of drug-likeness (QED) is 0.646. The van der Waals surface area contributed by atoms with Crippen molar-refractivity contribution >= 4 is 27.5 Å². The number of halogens is 4. The molecule has 158 valence electrons. The molecule has 0 spiro atoms. The Kier molecular flexibility index (Phi) is 7.50. The fourth-order valence-electron chi connectivity index (χ4n) is 2.34. The van der Waals surface area contributed by atoms with Crippen LogP contribution in [0.1, 0.15) is 17.5 Å². The van der Waals surface area contributed by atoms with Crippen LogP contribution in [0.4, 0.5) is 13.2 Å². The highest BCUT2D eigenvalue weighted by Gasteiger charge is 2.34. The van der Waals surface area contributed by atoms with Gasteiger partial charge in [-0.1, -0.05) is 23.7 Å². The average Bonchev–Trinajstić information content (AvgIpc) is 2.65. The predicted octanol–water partition coefficient (Wildman–Crippen LogP) is 3.35. The van der Waals surface area contributed by atoms with Gasteiger partial charge in [0.25, 0.3) is 0 Å². The van der Waals surface area contributed by atoms with E-state index in [0.29, 0.717) is 11.8 Å². The minimum Gasteiger partial charge on any atom is -0.497 e. The normalized spacial score (nSPS) is 11.9. The number of amides is 1. The van der Waals surface area contributed by atoms with E-state index in [-0.39, 0.29) is 19.5 Å². The summed E-state index contributed by atoms with van der Waals surface area (Å²) in [5.74, 6) is 0.202. The van der Waals surface area contributed by atoms with Gasteiger partial charge in [-0.25, -0.2) is 13.1 Å². The molecule has 1 amide bonds. The Balaban J connectivity index is 1.91. The molecular formula is C18H18ClF3N2O4S. The van der Waals surface area contributed by atoms with Gasteiger partial charge < -0.3 is 10.1 Å². The summed E-state index contributed by atoms with van der Waals surface area (Å²) in [6, 6.07) is 9.30. The summed E-state index contributed by atoms with van der Waals surface area (Å²) in [6.45, 7) is -0.0643. The lowest BCUT2D eigenvalue weighted by Crippen LogP contribution is -2.30. The maximum Gasteiger partial charge on any atom is 0.417 e. The maximum atomic E-state index is 12.9. The molecule has 11 heteroatoms. The summed E-state index contributed by atoms with van der Waals surface area (Å²) in [5.41, 5.74) is -0.461. The second-order valence-corrected chi connectivity index (χ2v) is 8.09. The summed E-state index contributed by atoms with van der Waals surface area (Å²) < 4.78 is 70.2. The molecule has 2 aromatic rings. The summed E-state index contributed by atoms with van der Waals surface area (Å²) in [4.78, 5) is 11.3. The van der Waals surface area contributed by atoms with Crippen molar-refractivity contribution in [2.24, 2.45) is 0 Å². The van der Waals surface area contributed by atoms with Crippen molar-refractivity contribution in [3.63, 3.8) is 0 Å². The molecule has 0 fully saturated rings. The van der Waals surface area contributed by atoms with Crippen molar-refractivity contribution in [2.75, 3.05) is 13.7 Å². The molecule has 0 bridgehead atoms. The topological polar surface area (TPSA) is 84.5 Å². The number of carbonyl (C=O) groups is 1. The number of hydrogen-bond acceptors (Lipinski definition) is 4. The molecule has 6 nitrogen and oxygen atoms in total. The van der Waals surface area contributed by atoms with E-state index in [0.717, 1.165) is 17.7 Å². The summed E-state index contributed by atoms with van der Waals surface area (Å²) in [5, 5.41) is 2.01. The van der Waals surface area contributed by atoms with E-state index in [1.807, 2.05) is 0 Å². The number of sulfonamides is 1. The third-order valence-corrected chi connectivity index (χ3v) is 5.61. The van der Waals surface area contributed by atoms with E-state index in [1.54, 1.807) is 24.3 Å². The first-order chi connectivity index (χ1) is 13.5. The summed E-state index contributed by atoms with van der Waals surface area (Å²) >= 11 is 5.49. The number of hydrogen-bond donors (Lipinski definition) is 2. The van der Waals surface area contributed by atoms with Gasteiger partial charge in [-0.15, -0.1) is 0 Å². The fraction of sp³-hybridized carbons (Fsp3) is 0.278. The van der Waals surface area contributed by atoms with Crippen molar-refractivity contribution < 1.29 is 31.1 Å². The fourth-order valence-corrected chi connectivity index (χ4v) is 3.62. The minimum atomic E-state index is -4.79. The van der Waals surface area contributed by atoms with Crippen LogP contribution in [0, 0.1) is 0 Å². The van der Waals surface area contributed by atoms with Gasteiger partial charge in [-0.05, 0) is 35.9 Å². The number of ether oxygens (including phenoxy) is 1. The monoisotopic (exact) mass is 450 g/mol. The maximum absolute atomic E-state index is 12.9. The van der Waals surface area contributed by atoms with Crippen LogP contribution in [-0.2, 0) is 27.5 Å². The van der Waals surface area contributed by atoms with Gasteiger partial charge in [0.1, 0.15) is 5.75 Å². The van der Waals surface area contributed by atoms with Gasteiger partial charge in [0.15, 0.2) is 0 Å². The molecule has 0 unspecified atom stereocenters. The smallest absolute Gasteiger partial charge is 0.417 e. The molecule has 0 saturated carbocycles. The molecule has 0 aliphatic carbocycles. The Morgan fingerprint density at radius 1 is 1.17 bits per heavy atom. The van der Waals surface area contributed by atoms with Crippen LogP contribution in [-0.4, -0.2) is 28.0 Å². The Labute approximate surface area is 171 Å². The zero-order valence-electron chi connectivity index (χ0n) is 15.2. The molecule has 0 atom stereocenters. The first-order valence-corrected chi connectivity index (χ1v) is 10.1. The van der Waals surface area contributed by atoms with Gasteiger partial charge in [0.2, 0.25) is 15.9 Å². The van der Waals surface area contributed by atoms with Gasteiger partial charge in [0, 0.05) is 19.5 Å². The zero-order chi connectivity index (χ0) is 21.7. The number of carbonyl (C=O) groups excluding carboxylic acids is 1. The number of rotatable bonds is 8. The van der Waals surface area contributed by atoms with Gasteiger partial charge in [-0.3, -0.25) is 4.79 Å². The highest BCUT2D eigenvalue weighted by atomic mass is 35.5. The summed E-state index contributed by atoms with van der Waals surface area (Å²) in [7, 11) is -2.72. The van der Waals surface area contributed by atoms with Crippen LogP contribution in [0.5, 0.6) is 5.75 Å². The highest BCUT2D eigenvalue weighted by molar-refractivity contribution is 7.89. The number of methoxy groups -OCH3 is 1. The second kappa shape index (κ2) is 9.47. The Morgan fingerprint density at radius 3 is 2.55 bits per heavy atom. The van der Waals surface area contributed by atoms with Gasteiger partial charge in [0.05, 0.1) is 22.6 Å². The third kappa shape index (κ3) is 6.62. The Hall–Kier alpha value is -2.30. The minimum absolute atomic E-state index is 0.192. The molecule has 0 aromatic heterocycles. The van der Waals surface area contributed by atoms with E-state index in [1.165, 1.54) is 7.11 Å². The van der Waals surface area contributed by atoms with Crippen LogP contribution < -0.4 is 14.8 Å². The highest BCUT2D eigenvalue weighted by Crippen LogP contribution is 2.35. The number of alkyl halides is 3. The van der Waals surface area contributed by atoms with Crippen LogP contribution in [0.3, 0.4) is 0 Å². The second-order valence-electron chi connectivity index (χ2n) is 5.92. The third-order valence-electron chi connectivity index (χ3n) is 3.82. The molecular weight excluding hydrogens is 433 g/mol. The lowest BCUT2D eigenvalue weighted by Gasteiger charge is -2.12. The van der Waals surface area contributed by atoms with Crippen LogP contribution >= 0.6 is 11.6 Å². The van der Waals surface area contributed by atoms with Gasteiger partial charge in [-0.2, -0.15) is 13.2 Å². The first-order valence-electron chi connectivity index (χ1n) is 8.29. The van der Waals surface area contributed by atoms with E-state index in [4.69, 9.17) is 16.3 Å². The average molecular weight is 451 g/mol. The number of nitrogens with one attached hydrogen (secondary N) is 2. The largest absolute Gasteiger partial charge is 0.497 e. The van der Waals surface area contributed by atoms with E-state index in [2.05, 4.69) is 10.0 Å². The van der Waals surface area contributed by atoms with Crippen molar-refractivity contribution in [1.29, 1.82) is 0 Å². The van der Waals surface area contributed by atoms with Crippen molar-refractivity contribution in [3.8, 4) is 5.75 Å². The Morgan fingerprint density at radius 2 is 1.90 bits per heavy atom. The van der Waals surface area contributed by atoms with Crippen LogP contribution in [0.15, 0.2) is 47.4 Å². The molecule has 0 radical (unpaired) electrons. The molecule has 29 heavy (non-hydrogen) atoms. The van der Waals surface area contributed by atoms with E-state index >= 15 is 0 Å². The molecule has 2 N–H and O–H groups in total. The zero-order valence-corrected chi connectivity index (χ0v) is 16.8. The molecule has 2 rings (SSSR count). The molecule has 0 heterocycles. The summed E-state index contributed by atoms with van der Waals surface area (Å²) in [6.07, 6.45) is -4.98.